The lowest BCUT2D eigenvalue weighted by Gasteiger charge is -2.31. The van der Waals surface area contributed by atoms with E-state index in [4.69, 9.17) is 16.3 Å². The van der Waals surface area contributed by atoms with Crippen LogP contribution in [-0.4, -0.2) is 34.9 Å². The number of rotatable bonds is 4. The van der Waals surface area contributed by atoms with Crippen LogP contribution >= 0.6 is 11.6 Å². The highest BCUT2D eigenvalue weighted by molar-refractivity contribution is 6.31. The van der Waals surface area contributed by atoms with Crippen LogP contribution in [-0.2, 0) is 4.74 Å². The van der Waals surface area contributed by atoms with Crippen molar-refractivity contribution in [1.29, 1.82) is 0 Å². The monoisotopic (exact) mass is 382 g/mol. The third-order valence-electron chi connectivity index (χ3n) is 4.41. The highest BCUT2D eigenvalue weighted by Gasteiger charge is 2.25. The van der Waals surface area contributed by atoms with Crippen molar-refractivity contribution in [2.24, 2.45) is 0 Å². The van der Waals surface area contributed by atoms with Gasteiger partial charge in [0.2, 0.25) is 0 Å². The van der Waals surface area contributed by atoms with Crippen LogP contribution in [0.15, 0.2) is 12.1 Å². The van der Waals surface area contributed by atoms with E-state index in [0.29, 0.717) is 10.6 Å². The van der Waals surface area contributed by atoms with Crippen LogP contribution in [0, 0.1) is 6.92 Å². The molecule has 1 fully saturated rings. The van der Waals surface area contributed by atoms with Gasteiger partial charge in [-0.3, -0.25) is 0 Å². The molecule has 1 aliphatic rings. The molecule has 1 aliphatic carbocycles. The molecule has 0 aliphatic heterocycles. The van der Waals surface area contributed by atoms with Gasteiger partial charge in [-0.05, 0) is 71.1 Å². The Morgan fingerprint density at radius 2 is 1.73 bits per heavy atom. The molecular formula is C19H27ClN2O4. The summed E-state index contributed by atoms with van der Waals surface area (Å²) >= 11 is 6.05. The summed E-state index contributed by atoms with van der Waals surface area (Å²) in [7, 11) is 0. The van der Waals surface area contributed by atoms with Gasteiger partial charge in [0.15, 0.2) is 0 Å². The normalized spacial score (nSPS) is 20.3. The molecule has 7 heteroatoms. The Labute approximate surface area is 159 Å². The van der Waals surface area contributed by atoms with Crippen LogP contribution < -0.4 is 10.6 Å². The standard InChI is InChI=1S/C19H27ClN2O4/c1-11-15(17(23)24)9-12(20)10-16(11)21-13-5-7-14(8-6-13)22-18(25)26-19(2,3)4/h9-10,13-14,21H,5-8H2,1-4H3,(H,22,25)(H,23,24). The van der Waals surface area contributed by atoms with E-state index in [1.54, 1.807) is 13.0 Å². The first-order valence-corrected chi connectivity index (χ1v) is 9.22. The Kier molecular flexibility index (Phi) is 6.39. The number of anilines is 1. The van der Waals surface area contributed by atoms with Gasteiger partial charge in [-0.25, -0.2) is 9.59 Å². The Balaban J connectivity index is 1.91. The molecule has 0 unspecified atom stereocenters. The molecule has 0 heterocycles. The highest BCUT2D eigenvalue weighted by Crippen LogP contribution is 2.29. The van der Waals surface area contributed by atoms with Crippen molar-refractivity contribution in [1.82, 2.24) is 5.32 Å². The zero-order valence-corrected chi connectivity index (χ0v) is 16.4. The molecule has 3 N–H and O–H groups in total. The van der Waals surface area contributed by atoms with E-state index >= 15 is 0 Å². The minimum atomic E-state index is -0.988. The lowest BCUT2D eigenvalue weighted by Crippen LogP contribution is -2.42. The van der Waals surface area contributed by atoms with E-state index in [-0.39, 0.29) is 23.7 Å². The molecule has 1 aromatic carbocycles. The zero-order valence-electron chi connectivity index (χ0n) is 15.7. The Morgan fingerprint density at radius 3 is 2.27 bits per heavy atom. The number of hydrogen-bond donors (Lipinski definition) is 3. The Hall–Kier alpha value is -1.95. The van der Waals surface area contributed by atoms with Gasteiger partial charge in [-0.15, -0.1) is 0 Å². The summed E-state index contributed by atoms with van der Waals surface area (Å²) in [5, 5.41) is 16.0. The molecular weight excluding hydrogens is 356 g/mol. The third-order valence-corrected chi connectivity index (χ3v) is 4.63. The Morgan fingerprint density at radius 1 is 1.15 bits per heavy atom. The summed E-state index contributed by atoms with van der Waals surface area (Å²) < 4.78 is 5.29. The lowest BCUT2D eigenvalue weighted by atomic mass is 9.90. The largest absolute Gasteiger partial charge is 0.478 e. The smallest absolute Gasteiger partial charge is 0.407 e. The van der Waals surface area contributed by atoms with Gasteiger partial charge in [0.1, 0.15) is 5.60 Å². The summed E-state index contributed by atoms with van der Waals surface area (Å²) in [6.45, 7) is 7.29. The minimum absolute atomic E-state index is 0.0953. The predicted molar refractivity (Wildman–Crippen MR) is 102 cm³/mol. The molecule has 0 saturated heterocycles. The van der Waals surface area contributed by atoms with Crippen LogP contribution in [0.1, 0.15) is 62.4 Å². The molecule has 0 atom stereocenters. The van der Waals surface area contributed by atoms with Gasteiger partial charge in [0.25, 0.3) is 0 Å². The maximum absolute atomic E-state index is 11.9. The van der Waals surface area contributed by atoms with E-state index in [1.807, 2.05) is 20.8 Å². The summed E-state index contributed by atoms with van der Waals surface area (Å²) in [4.78, 5) is 23.2. The Bertz CT molecular complexity index is 677. The van der Waals surface area contributed by atoms with Crippen molar-refractivity contribution in [3.8, 4) is 0 Å². The predicted octanol–water partition coefficient (Wildman–Crippen LogP) is 4.59. The molecule has 1 aromatic rings. The number of carboxylic acid groups (broad SMARTS) is 1. The highest BCUT2D eigenvalue weighted by atomic mass is 35.5. The lowest BCUT2D eigenvalue weighted by molar-refractivity contribution is 0.0491. The van der Waals surface area contributed by atoms with Crippen molar-refractivity contribution in [2.45, 2.75) is 71.1 Å². The van der Waals surface area contributed by atoms with Crippen molar-refractivity contribution >= 4 is 29.4 Å². The average Bonchev–Trinajstić information content (AvgIpc) is 2.50. The van der Waals surface area contributed by atoms with E-state index < -0.39 is 11.6 Å². The maximum Gasteiger partial charge on any atom is 0.407 e. The number of benzene rings is 1. The van der Waals surface area contributed by atoms with E-state index in [9.17, 15) is 14.7 Å². The first-order valence-electron chi connectivity index (χ1n) is 8.84. The van der Waals surface area contributed by atoms with Gasteiger partial charge in [-0.2, -0.15) is 0 Å². The van der Waals surface area contributed by atoms with E-state index in [2.05, 4.69) is 10.6 Å². The van der Waals surface area contributed by atoms with Crippen molar-refractivity contribution in [2.75, 3.05) is 5.32 Å². The quantitative estimate of drug-likeness (QED) is 0.708. The number of halogens is 1. The van der Waals surface area contributed by atoms with Crippen molar-refractivity contribution < 1.29 is 19.4 Å². The van der Waals surface area contributed by atoms with Crippen LogP contribution in [0.25, 0.3) is 0 Å². The first kappa shape index (κ1) is 20.4. The van der Waals surface area contributed by atoms with Crippen LogP contribution in [0.5, 0.6) is 0 Å². The number of nitrogens with one attached hydrogen (secondary N) is 2. The second-order valence-corrected chi connectivity index (χ2v) is 8.21. The topological polar surface area (TPSA) is 87.7 Å². The van der Waals surface area contributed by atoms with Gasteiger partial charge in [0.05, 0.1) is 5.56 Å². The molecule has 0 radical (unpaired) electrons. The molecule has 1 saturated carbocycles. The molecule has 26 heavy (non-hydrogen) atoms. The number of carbonyl (C=O) groups excluding carboxylic acids is 1. The number of amides is 1. The van der Waals surface area contributed by atoms with Gasteiger partial charge >= 0.3 is 12.1 Å². The fourth-order valence-corrected chi connectivity index (χ4v) is 3.35. The maximum atomic E-state index is 11.9. The zero-order chi connectivity index (χ0) is 19.5. The average molecular weight is 383 g/mol. The summed E-state index contributed by atoms with van der Waals surface area (Å²) in [5.41, 5.74) is 1.13. The van der Waals surface area contributed by atoms with Gasteiger partial charge in [0, 0.05) is 22.8 Å². The first-order chi connectivity index (χ1) is 12.0. The number of alkyl carbamates (subject to hydrolysis) is 1. The van der Waals surface area contributed by atoms with Gasteiger partial charge in [-0.1, -0.05) is 11.6 Å². The molecule has 144 valence electrons. The molecule has 6 nitrogen and oxygen atoms in total. The molecule has 0 bridgehead atoms. The number of hydrogen-bond acceptors (Lipinski definition) is 4. The number of carbonyl (C=O) groups is 2. The van der Waals surface area contributed by atoms with Crippen LogP contribution in [0.3, 0.4) is 0 Å². The fraction of sp³-hybridized carbons (Fsp3) is 0.579. The third kappa shape index (κ3) is 5.80. The molecule has 0 aromatic heterocycles. The fourth-order valence-electron chi connectivity index (χ4n) is 3.13. The van der Waals surface area contributed by atoms with Gasteiger partial charge < -0.3 is 20.5 Å². The number of carboxylic acids is 1. The van der Waals surface area contributed by atoms with Crippen LogP contribution in [0.2, 0.25) is 5.02 Å². The SMILES string of the molecule is Cc1c(NC2CCC(NC(=O)OC(C)(C)C)CC2)cc(Cl)cc1C(=O)O. The van der Waals surface area contributed by atoms with Crippen LogP contribution in [0.4, 0.5) is 10.5 Å². The van der Waals surface area contributed by atoms with E-state index in [1.165, 1.54) is 6.07 Å². The second-order valence-electron chi connectivity index (χ2n) is 7.77. The molecule has 1 amide bonds. The summed E-state index contributed by atoms with van der Waals surface area (Å²) in [6, 6.07) is 3.53. The molecule has 0 spiro atoms. The van der Waals surface area contributed by atoms with E-state index in [0.717, 1.165) is 31.4 Å². The summed E-state index contributed by atoms with van der Waals surface area (Å²) in [6.07, 6.45) is 3.03. The minimum Gasteiger partial charge on any atom is -0.478 e. The summed E-state index contributed by atoms with van der Waals surface area (Å²) in [5.74, 6) is -0.988. The number of aromatic carboxylic acids is 1. The number of ether oxygens (including phenoxy) is 1. The van der Waals surface area contributed by atoms with Crippen molar-refractivity contribution in [3.05, 3.63) is 28.3 Å². The second kappa shape index (κ2) is 8.16. The molecule has 2 rings (SSSR count). The van der Waals surface area contributed by atoms with Crippen molar-refractivity contribution in [3.63, 3.8) is 0 Å².